The lowest BCUT2D eigenvalue weighted by molar-refractivity contribution is 1.33. The van der Waals surface area contributed by atoms with Gasteiger partial charge in [0.2, 0.25) is 0 Å². The Labute approximate surface area is 120 Å². The molecule has 5 heteroatoms. The number of rotatable bonds is 1. The van der Waals surface area contributed by atoms with Gasteiger partial charge in [-0.3, -0.25) is 4.98 Å². The van der Waals surface area contributed by atoms with E-state index >= 15 is 0 Å². The molecule has 94 valence electrons. The maximum absolute atomic E-state index is 6.22. The summed E-state index contributed by atoms with van der Waals surface area (Å²) >= 11 is 12.1. The van der Waals surface area contributed by atoms with Crippen LogP contribution >= 0.6 is 23.2 Å². The molecule has 0 bridgehead atoms. The maximum atomic E-state index is 6.22. The molecular weight excluding hydrogens is 281 g/mol. The number of pyridine rings is 2. The quantitative estimate of drug-likeness (QED) is 0.731. The van der Waals surface area contributed by atoms with Gasteiger partial charge in [-0.15, -0.1) is 0 Å². The molecule has 0 saturated heterocycles. The van der Waals surface area contributed by atoms with Crippen LogP contribution in [-0.4, -0.2) is 9.97 Å². The minimum absolute atomic E-state index is 0.270. The number of nitrogen functional groups attached to an aromatic ring is 1. The minimum atomic E-state index is 0.270. The van der Waals surface area contributed by atoms with E-state index in [0.717, 1.165) is 16.3 Å². The molecule has 3 rings (SSSR count). The number of nitrogens with two attached hydrogens (primary N) is 1. The van der Waals surface area contributed by atoms with Gasteiger partial charge in [-0.25, -0.2) is 4.98 Å². The highest BCUT2D eigenvalue weighted by Gasteiger charge is 2.11. The van der Waals surface area contributed by atoms with Gasteiger partial charge in [0.25, 0.3) is 0 Å². The van der Waals surface area contributed by atoms with Crippen molar-refractivity contribution in [1.29, 1.82) is 0 Å². The molecule has 0 fully saturated rings. The van der Waals surface area contributed by atoms with Gasteiger partial charge in [-0.1, -0.05) is 41.4 Å². The lowest BCUT2D eigenvalue weighted by atomic mass is 10.0. The topological polar surface area (TPSA) is 51.8 Å². The summed E-state index contributed by atoms with van der Waals surface area (Å²) in [7, 11) is 0. The number of aromatic nitrogens is 2. The van der Waals surface area contributed by atoms with E-state index in [1.165, 1.54) is 0 Å². The van der Waals surface area contributed by atoms with Crippen LogP contribution in [0.3, 0.4) is 0 Å². The summed E-state index contributed by atoms with van der Waals surface area (Å²) in [6, 6.07) is 9.40. The van der Waals surface area contributed by atoms with Crippen LogP contribution in [0.4, 0.5) is 5.82 Å². The van der Waals surface area contributed by atoms with Crippen LogP contribution in [0.15, 0.2) is 42.7 Å². The van der Waals surface area contributed by atoms with E-state index in [9.17, 15) is 0 Å². The molecule has 1 aromatic carbocycles. The smallest absolute Gasteiger partial charge is 0.143 e. The Morgan fingerprint density at radius 2 is 1.89 bits per heavy atom. The summed E-state index contributed by atoms with van der Waals surface area (Å²) < 4.78 is 0. The first-order valence-electron chi connectivity index (χ1n) is 5.61. The van der Waals surface area contributed by atoms with E-state index in [4.69, 9.17) is 28.9 Å². The first-order valence-corrected chi connectivity index (χ1v) is 6.37. The van der Waals surface area contributed by atoms with E-state index in [0.29, 0.717) is 15.7 Å². The van der Waals surface area contributed by atoms with Crippen molar-refractivity contribution in [1.82, 2.24) is 9.97 Å². The molecule has 0 aliphatic rings. The average Bonchev–Trinajstić information content (AvgIpc) is 2.42. The summed E-state index contributed by atoms with van der Waals surface area (Å²) in [4.78, 5) is 8.39. The molecule has 0 radical (unpaired) electrons. The van der Waals surface area contributed by atoms with Gasteiger partial charge in [0.05, 0.1) is 15.7 Å². The van der Waals surface area contributed by atoms with Crippen molar-refractivity contribution in [3.05, 3.63) is 52.8 Å². The fraction of sp³-hybridized carbons (Fsp3) is 0. The van der Waals surface area contributed by atoms with Crippen LogP contribution in [0.25, 0.3) is 22.0 Å². The van der Waals surface area contributed by atoms with Crippen molar-refractivity contribution >= 4 is 39.8 Å². The summed E-state index contributed by atoms with van der Waals surface area (Å²) in [5.41, 5.74) is 7.29. The normalized spacial score (nSPS) is 10.8. The molecule has 3 aromatic rings. The third-order valence-electron chi connectivity index (χ3n) is 2.89. The second-order valence-corrected chi connectivity index (χ2v) is 4.90. The highest BCUT2D eigenvalue weighted by atomic mass is 35.5. The first-order chi connectivity index (χ1) is 9.16. The SMILES string of the molecule is Nc1nc(-c2cccc3cnccc23)c(Cl)cc1Cl. The zero-order valence-electron chi connectivity index (χ0n) is 9.77. The third-order valence-corrected chi connectivity index (χ3v) is 3.48. The Kier molecular flexibility index (Phi) is 3.01. The van der Waals surface area contributed by atoms with Gasteiger partial charge in [0, 0.05) is 23.3 Å². The van der Waals surface area contributed by atoms with Crippen LogP contribution in [0.5, 0.6) is 0 Å². The van der Waals surface area contributed by atoms with Crippen molar-refractivity contribution in [2.75, 3.05) is 5.73 Å². The Balaban J connectivity index is 2.33. The van der Waals surface area contributed by atoms with E-state index in [1.807, 2.05) is 24.3 Å². The molecular formula is C14H9Cl2N3. The van der Waals surface area contributed by atoms with E-state index in [1.54, 1.807) is 18.5 Å². The van der Waals surface area contributed by atoms with Crippen molar-refractivity contribution in [2.45, 2.75) is 0 Å². The molecule has 0 aliphatic heterocycles. The van der Waals surface area contributed by atoms with Crippen LogP contribution < -0.4 is 5.73 Å². The van der Waals surface area contributed by atoms with Crippen molar-refractivity contribution in [2.24, 2.45) is 0 Å². The zero-order valence-corrected chi connectivity index (χ0v) is 11.3. The molecule has 0 amide bonds. The van der Waals surface area contributed by atoms with E-state index < -0.39 is 0 Å². The monoisotopic (exact) mass is 289 g/mol. The summed E-state index contributed by atoms with van der Waals surface area (Å²) in [6.07, 6.45) is 3.53. The lowest BCUT2D eigenvalue weighted by Crippen LogP contribution is -1.95. The van der Waals surface area contributed by atoms with E-state index in [2.05, 4.69) is 9.97 Å². The Morgan fingerprint density at radius 3 is 2.74 bits per heavy atom. The Bertz CT molecular complexity index is 766. The van der Waals surface area contributed by atoms with Gasteiger partial charge >= 0.3 is 0 Å². The maximum Gasteiger partial charge on any atom is 0.143 e. The van der Waals surface area contributed by atoms with Gasteiger partial charge in [-0.05, 0) is 17.5 Å². The molecule has 0 aliphatic carbocycles. The predicted octanol–water partition coefficient (Wildman–Crippen LogP) is 4.19. The van der Waals surface area contributed by atoms with Crippen LogP contribution in [0, 0.1) is 0 Å². The standard InChI is InChI=1S/C14H9Cl2N3/c15-11-6-12(16)14(17)19-13(11)10-3-1-2-8-7-18-5-4-9(8)10/h1-7H,(H2,17,19). The van der Waals surface area contributed by atoms with Gasteiger partial charge in [0.15, 0.2) is 0 Å². The highest BCUT2D eigenvalue weighted by molar-refractivity contribution is 6.37. The number of benzene rings is 1. The first kappa shape index (κ1) is 12.2. The number of fused-ring (bicyclic) bond motifs is 1. The Hall–Kier alpha value is -1.84. The number of nitrogens with zero attached hydrogens (tertiary/aromatic N) is 2. The summed E-state index contributed by atoms with van der Waals surface area (Å²) in [6.45, 7) is 0. The summed E-state index contributed by atoms with van der Waals surface area (Å²) in [5, 5.41) is 2.87. The average molecular weight is 290 g/mol. The van der Waals surface area contributed by atoms with Crippen LogP contribution in [0.2, 0.25) is 10.0 Å². The second-order valence-electron chi connectivity index (χ2n) is 4.09. The molecule has 0 unspecified atom stereocenters. The molecule has 0 spiro atoms. The second kappa shape index (κ2) is 4.68. The van der Waals surface area contributed by atoms with E-state index in [-0.39, 0.29) is 5.82 Å². The lowest BCUT2D eigenvalue weighted by Gasteiger charge is -2.09. The molecule has 0 atom stereocenters. The van der Waals surface area contributed by atoms with Crippen molar-refractivity contribution in [3.63, 3.8) is 0 Å². The highest BCUT2D eigenvalue weighted by Crippen LogP contribution is 2.34. The van der Waals surface area contributed by atoms with Gasteiger partial charge in [-0.2, -0.15) is 0 Å². The molecule has 2 aromatic heterocycles. The third kappa shape index (κ3) is 2.11. The largest absolute Gasteiger partial charge is 0.382 e. The number of halogens is 2. The molecule has 2 N–H and O–H groups in total. The van der Waals surface area contributed by atoms with Crippen LogP contribution in [0.1, 0.15) is 0 Å². The van der Waals surface area contributed by atoms with Crippen molar-refractivity contribution < 1.29 is 0 Å². The predicted molar refractivity (Wildman–Crippen MR) is 79.4 cm³/mol. The number of anilines is 1. The molecule has 19 heavy (non-hydrogen) atoms. The zero-order chi connectivity index (χ0) is 13.4. The molecule has 2 heterocycles. The van der Waals surface area contributed by atoms with Crippen molar-refractivity contribution in [3.8, 4) is 11.3 Å². The fourth-order valence-corrected chi connectivity index (χ4v) is 2.46. The molecule has 3 nitrogen and oxygen atoms in total. The number of hydrogen-bond donors (Lipinski definition) is 1. The Morgan fingerprint density at radius 1 is 1.05 bits per heavy atom. The van der Waals surface area contributed by atoms with Gasteiger partial charge in [0.1, 0.15) is 5.82 Å². The van der Waals surface area contributed by atoms with Gasteiger partial charge < -0.3 is 5.73 Å². The molecule has 0 saturated carbocycles. The summed E-state index contributed by atoms with van der Waals surface area (Å²) in [5.74, 6) is 0.270. The fourth-order valence-electron chi connectivity index (χ4n) is 2.00. The number of hydrogen-bond acceptors (Lipinski definition) is 3. The van der Waals surface area contributed by atoms with Crippen LogP contribution in [-0.2, 0) is 0 Å². The minimum Gasteiger partial charge on any atom is -0.382 e.